The summed E-state index contributed by atoms with van der Waals surface area (Å²) in [5, 5.41) is 12.3. The van der Waals surface area contributed by atoms with Crippen molar-refractivity contribution in [3.8, 4) is 17.1 Å². The largest absolute Gasteiger partial charge is 0.465 e. The number of hydrogen-bond acceptors (Lipinski definition) is 7. The number of rotatable bonds is 3. The molecule has 7 heteroatoms. The van der Waals surface area contributed by atoms with Crippen LogP contribution in [0.15, 0.2) is 58.3 Å². The first kappa shape index (κ1) is 14.8. The molecule has 0 bridgehead atoms. The SMILES string of the molecule is CSc1nnc2c(n1)OC(/C=C/c1ccco1)Nc1ccccc1-2. The number of hydrogen-bond donors (Lipinski definition) is 1. The molecule has 0 radical (unpaired) electrons. The van der Waals surface area contributed by atoms with Gasteiger partial charge in [0.25, 0.3) is 0 Å². The zero-order valence-corrected chi connectivity index (χ0v) is 13.7. The van der Waals surface area contributed by atoms with Crippen LogP contribution in [0.4, 0.5) is 5.69 Å². The van der Waals surface area contributed by atoms with Crippen LogP contribution >= 0.6 is 11.8 Å². The van der Waals surface area contributed by atoms with Gasteiger partial charge in [0.15, 0.2) is 11.9 Å². The number of aromatic nitrogens is 3. The van der Waals surface area contributed by atoms with Crippen LogP contribution in [0.2, 0.25) is 0 Å². The molecule has 0 fully saturated rings. The first-order valence-electron chi connectivity index (χ1n) is 7.36. The van der Waals surface area contributed by atoms with Crippen molar-refractivity contribution >= 4 is 23.5 Å². The molecular formula is C17H14N4O2S. The molecule has 1 unspecified atom stereocenters. The summed E-state index contributed by atoms with van der Waals surface area (Å²) in [6, 6.07) is 11.6. The Morgan fingerprint density at radius 1 is 1.17 bits per heavy atom. The van der Waals surface area contributed by atoms with E-state index in [0.29, 0.717) is 16.7 Å². The highest BCUT2D eigenvalue weighted by Gasteiger charge is 2.23. The van der Waals surface area contributed by atoms with Gasteiger partial charge in [-0.25, -0.2) is 0 Å². The number of anilines is 1. The van der Waals surface area contributed by atoms with Gasteiger partial charge in [0.2, 0.25) is 11.0 Å². The average molecular weight is 338 g/mol. The Morgan fingerprint density at radius 3 is 2.92 bits per heavy atom. The highest BCUT2D eigenvalue weighted by Crippen LogP contribution is 2.36. The van der Waals surface area contributed by atoms with Crippen molar-refractivity contribution in [3.05, 3.63) is 54.5 Å². The summed E-state index contributed by atoms with van der Waals surface area (Å²) in [6.45, 7) is 0. The maximum atomic E-state index is 6.01. The number of nitrogens with zero attached hydrogens (tertiary/aromatic N) is 3. The lowest BCUT2D eigenvalue weighted by molar-refractivity contribution is 0.266. The average Bonchev–Trinajstić information content (AvgIpc) is 3.08. The Hall–Kier alpha value is -2.80. The summed E-state index contributed by atoms with van der Waals surface area (Å²) >= 11 is 1.42. The maximum Gasteiger partial charge on any atom is 0.247 e. The zero-order chi connectivity index (χ0) is 16.4. The summed E-state index contributed by atoms with van der Waals surface area (Å²) in [4.78, 5) is 4.46. The molecule has 24 heavy (non-hydrogen) atoms. The molecule has 1 aliphatic rings. The summed E-state index contributed by atoms with van der Waals surface area (Å²) in [5.41, 5.74) is 2.46. The smallest absolute Gasteiger partial charge is 0.247 e. The topological polar surface area (TPSA) is 73.1 Å². The Kier molecular flexibility index (Phi) is 3.92. The molecule has 120 valence electrons. The molecule has 0 saturated carbocycles. The zero-order valence-electron chi connectivity index (χ0n) is 12.8. The number of nitrogens with one attached hydrogen (secondary N) is 1. The predicted molar refractivity (Wildman–Crippen MR) is 92.8 cm³/mol. The van der Waals surface area contributed by atoms with E-state index < -0.39 is 6.23 Å². The van der Waals surface area contributed by atoms with Crippen LogP contribution in [0.5, 0.6) is 5.88 Å². The van der Waals surface area contributed by atoms with Crippen LogP contribution in [0, 0.1) is 0 Å². The fourth-order valence-electron chi connectivity index (χ4n) is 2.41. The first-order chi connectivity index (χ1) is 11.8. The molecule has 1 atom stereocenters. The van der Waals surface area contributed by atoms with E-state index in [-0.39, 0.29) is 0 Å². The van der Waals surface area contributed by atoms with Gasteiger partial charge in [-0.2, -0.15) is 4.98 Å². The molecular weight excluding hydrogens is 324 g/mol. The number of fused-ring (bicyclic) bond motifs is 3. The summed E-state index contributed by atoms with van der Waals surface area (Å²) in [5.74, 6) is 1.21. The van der Waals surface area contributed by atoms with Gasteiger partial charge in [-0.15, -0.1) is 10.2 Å². The Bertz CT molecular complexity index is 880. The minimum atomic E-state index is -0.399. The Morgan fingerprint density at radius 2 is 2.08 bits per heavy atom. The quantitative estimate of drug-likeness (QED) is 0.730. The normalized spacial score (nSPS) is 16.0. The molecule has 1 N–H and O–H groups in total. The lowest BCUT2D eigenvalue weighted by Crippen LogP contribution is -2.23. The van der Waals surface area contributed by atoms with Crippen molar-refractivity contribution < 1.29 is 9.15 Å². The van der Waals surface area contributed by atoms with Gasteiger partial charge >= 0.3 is 0 Å². The Balaban J connectivity index is 1.75. The highest BCUT2D eigenvalue weighted by molar-refractivity contribution is 7.98. The second-order valence-electron chi connectivity index (χ2n) is 5.06. The molecule has 6 nitrogen and oxygen atoms in total. The summed E-state index contributed by atoms with van der Waals surface area (Å²) < 4.78 is 11.3. The van der Waals surface area contributed by atoms with E-state index in [1.807, 2.05) is 54.8 Å². The molecule has 0 amide bonds. The maximum absolute atomic E-state index is 6.01. The van der Waals surface area contributed by atoms with Crippen molar-refractivity contribution in [2.75, 3.05) is 11.6 Å². The minimum Gasteiger partial charge on any atom is -0.465 e. The Labute approximate surface area is 143 Å². The van der Waals surface area contributed by atoms with Crippen molar-refractivity contribution in [1.82, 2.24) is 15.2 Å². The summed E-state index contributed by atoms with van der Waals surface area (Å²) in [7, 11) is 0. The third-order valence-corrected chi connectivity index (χ3v) is 4.05. The van der Waals surface area contributed by atoms with Crippen LogP contribution in [-0.2, 0) is 0 Å². The fourth-order valence-corrected chi connectivity index (χ4v) is 2.71. The molecule has 0 spiro atoms. The second kappa shape index (κ2) is 6.37. The number of benzene rings is 1. The third kappa shape index (κ3) is 2.85. The minimum absolute atomic E-state index is 0.399. The predicted octanol–water partition coefficient (Wildman–Crippen LogP) is 3.70. The molecule has 0 saturated heterocycles. The van der Waals surface area contributed by atoms with Crippen LogP contribution in [0.3, 0.4) is 0 Å². The number of ether oxygens (including phenoxy) is 1. The molecule has 1 aromatic carbocycles. The van der Waals surface area contributed by atoms with Crippen LogP contribution in [0.1, 0.15) is 5.76 Å². The van der Waals surface area contributed by atoms with Crippen molar-refractivity contribution in [3.63, 3.8) is 0 Å². The van der Waals surface area contributed by atoms with Crippen LogP contribution in [0.25, 0.3) is 17.3 Å². The third-order valence-electron chi connectivity index (χ3n) is 3.51. The van der Waals surface area contributed by atoms with Crippen LogP contribution in [-0.4, -0.2) is 27.7 Å². The second-order valence-corrected chi connectivity index (χ2v) is 5.83. The van der Waals surface area contributed by atoms with E-state index in [1.165, 1.54) is 11.8 Å². The van der Waals surface area contributed by atoms with E-state index in [9.17, 15) is 0 Å². The van der Waals surface area contributed by atoms with Gasteiger partial charge in [-0.3, -0.25) is 0 Å². The van der Waals surface area contributed by atoms with E-state index in [0.717, 1.165) is 17.0 Å². The lowest BCUT2D eigenvalue weighted by atomic mass is 10.1. The van der Waals surface area contributed by atoms with E-state index in [1.54, 1.807) is 6.26 Å². The number of para-hydroxylation sites is 1. The molecule has 1 aliphatic heterocycles. The summed E-state index contributed by atoms with van der Waals surface area (Å²) in [6.07, 6.45) is 6.87. The molecule has 3 aromatic rings. The van der Waals surface area contributed by atoms with E-state index >= 15 is 0 Å². The van der Waals surface area contributed by atoms with Gasteiger partial charge in [-0.1, -0.05) is 30.0 Å². The van der Waals surface area contributed by atoms with Gasteiger partial charge in [0, 0.05) is 11.3 Å². The van der Waals surface area contributed by atoms with E-state index in [4.69, 9.17) is 9.15 Å². The van der Waals surface area contributed by atoms with Crippen molar-refractivity contribution in [1.29, 1.82) is 0 Å². The van der Waals surface area contributed by atoms with E-state index in [2.05, 4.69) is 20.5 Å². The van der Waals surface area contributed by atoms with Crippen molar-refractivity contribution in [2.24, 2.45) is 0 Å². The van der Waals surface area contributed by atoms with Crippen LogP contribution < -0.4 is 10.1 Å². The fraction of sp³-hybridized carbons (Fsp3) is 0.118. The molecule has 4 rings (SSSR count). The molecule has 2 aromatic heterocycles. The van der Waals surface area contributed by atoms with Gasteiger partial charge in [0.05, 0.1) is 6.26 Å². The standard InChI is InChI=1S/C17H14N4O2S/c1-24-17-19-16-15(20-21-17)12-6-2-3-7-13(12)18-14(23-16)9-8-11-5-4-10-22-11/h2-10,14,18H,1H3/b9-8+. The first-order valence-corrected chi connectivity index (χ1v) is 8.59. The monoisotopic (exact) mass is 338 g/mol. The number of thioether (sulfide) groups is 1. The number of furan rings is 1. The lowest BCUT2D eigenvalue weighted by Gasteiger charge is -2.15. The van der Waals surface area contributed by atoms with Crippen molar-refractivity contribution in [2.45, 2.75) is 11.4 Å². The molecule has 0 aliphatic carbocycles. The highest BCUT2D eigenvalue weighted by atomic mass is 32.2. The van der Waals surface area contributed by atoms with Gasteiger partial charge in [0.1, 0.15) is 5.76 Å². The molecule has 3 heterocycles. The van der Waals surface area contributed by atoms with Gasteiger partial charge < -0.3 is 14.5 Å². The van der Waals surface area contributed by atoms with Gasteiger partial charge in [-0.05, 0) is 36.6 Å².